The zero-order valence-electron chi connectivity index (χ0n) is 5.20. The second kappa shape index (κ2) is 2.87. The summed E-state index contributed by atoms with van der Waals surface area (Å²) >= 11 is 2.96. The van der Waals surface area contributed by atoms with Crippen LogP contribution in [0.15, 0.2) is 22.4 Å². The predicted molar refractivity (Wildman–Crippen MR) is 38.8 cm³/mol. The number of ether oxygens (including phenoxy) is 1. The van der Waals surface area contributed by atoms with Crippen LogP contribution in [0.4, 0.5) is 0 Å². The molecule has 0 atom stereocenters. The summed E-state index contributed by atoms with van der Waals surface area (Å²) in [7, 11) is 0. The molecule has 0 saturated carbocycles. The second-order valence-corrected chi connectivity index (χ2v) is 2.61. The first kappa shape index (κ1) is 8.00. The van der Waals surface area contributed by atoms with Crippen molar-refractivity contribution in [3.05, 3.63) is 22.4 Å². The van der Waals surface area contributed by atoms with Gasteiger partial charge in [-0.2, -0.15) is 0 Å². The lowest BCUT2D eigenvalue weighted by atomic mass is 10.4. The number of hydrogen-bond donors (Lipinski definition) is 1. The van der Waals surface area contributed by atoms with E-state index in [4.69, 9.17) is 5.11 Å². The first-order valence-corrected chi connectivity index (χ1v) is 3.43. The van der Waals surface area contributed by atoms with E-state index in [1.807, 2.05) is 0 Å². The first-order valence-electron chi connectivity index (χ1n) is 2.63. The Hall–Kier alpha value is -1.10. The molecule has 0 amide bonds. The highest BCUT2D eigenvalue weighted by Crippen LogP contribution is 2.24. The van der Waals surface area contributed by atoms with Crippen molar-refractivity contribution in [2.24, 2.45) is 0 Å². The molecule has 0 aromatic carbocycles. The van der Waals surface area contributed by atoms with Gasteiger partial charge in [0.2, 0.25) is 0 Å². The number of carboxylic acids is 1. The molecule has 1 aliphatic rings. The van der Waals surface area contributed by atoms with Gasteiger partial charge in [-0.25, -0.2) is 9.59 Å². The molecule has 4 nitrogen and oxygen atoms in total. The highest BCUT2D eigenvalue weighted by atomic mass is 79.9. The minimum atomic E-state index is -1.15. The maximum absolute atomic E-state index is 10.5. The van der Waals surface area contributed by atoms with Crippen LogP contribution in [-0.4, -0.2) is 17.0 Å². The van der Waals surface area contributed by atoms with Crippen molar-refractivity contribution < 1.29 is 19.4 Å². The third-order valence-electron chi connectivity index (χ3n) is 0.945. The molecule has 1 N–H and O–H groups in total. The molecule has 0 radical (unpaired) electrons. The van der Waals surface area contributed by atoms with E-state index in [2.05, 4.69) is 20.7 Å². The molecule has 0 aromatic rings. The van der Waals surface area contributed by atoms with Crippen molar-refractivity contribution >= 4 is 27.9 Å². The zero-order chi connectivity index (χ0) is 8.43. The van der Waals surface area contributed by atoms with Crippen LogP contribution >= 0.6 is 15.9 Å². The molecule has 0 aromatic heterocycles. The third-order valence-corrected chi connectivity index (χ3v) is 1.56. The van der Waals surface area contributed by atoms with Crippen LogP contribution in [0.1, 0.15) is 0 Å². The Morgan fingerprint density at radius 1 is 1.73 bits per heavy atom. The van der Waals surface area contributed by atoms with Crippen molar-refractivity contribution in [2.75, 3.05) is 0 Å². The summed E-state index contributed by atoms with van der Waals surface area (Å²) in [5.41, 5.74) is 0. The van der Waals surface area contributed by atoms with Crippen molar-refractivity contribution in [1.29, 1.82) is 0 Å². The summed E-state index contributed by atoms with van der Waals surface area (Å²) in [5, 5.41) is 8.26. The van der Waals surface area contributed by atoms with Gasteiger partial charge >= 0.3 is 11.9 Å². The second-order valence-electron chi connectivity index (χ2n) is 1.76. The van der Waals surface area contributed by atoms with Crippen LogP contribution in [0.5, 0.6) is 0 Å². The Bertz CT molecular complexity index is 276. The van der Waals surface area contributed by atoms with Gasteiger partial charge in [-0.3, -0.25) is 0 Å². The van der Waals surface area contributed by atoms with E-state index in [1.165, 1.54) is 0 Å². The number of halogens is 1. The summed E-state index contributed by atoms with van der Waals surface area (Å²) < 4.78 is 4.84. The number of carbonyl (C=O) groups excluding carboxylic acids is 1. The van der Waals surface area contributed by atoms with Gasteiger partial charge in [0.05, 0.1) is 10.6 Å². The summed E-state index contributed by atoms with van der Waals surface area (Å²) in [6, 6.07) is 0. The van der Waals surface area contributed by atoms with Gasteiger partial charge in [0.25, 0.3) is 0 Å². The smallest absolute Gasteiger partial charge is 0.337 e. The van der Waals surface area contributed by atoms with Crippen LogP contribution in [-0.2, 0) is 14.3 Å². The molecule has 58 valence electrons. The van der Waals surface area contributed by atoms with E-state index in [9.17, 15) is 9.59 Å². The molecular weight excluding hydrogens is 216 g/mol. The standard InChI is InChI=1S/C6H3BrO4/c7-3-1-6(10)11-4(3)2-5(8)9/h1-2H,(H,8,9). The van der Waals surface area contributed by atoms with E-state index >= 15 is 0 Å². The zero-order valence-corrected chi connectivity index (χ0v) is 6.79. The van der Waals surface area contributed by atoms with Crippen molar-refractivity contribution in [1.82, 2.24) is 0 Å². The molecule has 0 saturated heterocycles. The van der Waals surface area contributed by atoms with Gasteiger partial charge in [0, 0.05) is 6.08 Å². The molecule has 0 bridgehead atoms. The van der Waals surface area contributed by atoms with Gasteiger partial charge in [0.15, 0.2) is 5.76 Å². The third kappa shape index (κ3) is 1.91. The summed E-state index contributed by atoms with van der Waals surface area (Å²) in [6.07, 6.45) is 1.97. The SMILES string of the molecule is O=C(O)C=C1OC(=O)C=C1Br. The van der Waals surface area contributed by atoms with Gasteiger partial charge in [0.1, 0.15) is 0 Å². The molecule has 1 heterocycles. The molecule has 0 aliphatic carbocycles. The first-order chi connectivity index (χ1) is 5.09. The van der Waals surface area contributed by atoms with E-state index in [1.54, 1.807) is 0 Å². The number of hydrogen-bond acceptors (Lipinski definition) is 3. The van der Waals surface area contributed by atoms with E-state index in [-0.39, 0.29) is 5.76 Å². The monoisotopic (exact) mass is 218 g/mol. The highest BCUT2D eigenvalue weighted by molar-refractivity contribution is 9.12. The normalized spacial score (nSPS) is 19.9. The fraction of sp³-hybridized carbons (Fsp3) is 0. The lowest BCUT2D eigenvalue weighted by Gasteiger charge is -1.93. The lowest BCUT2D eigenvalue weighted by Crippen LogP contribution is -1.95. The molecule has 11 heavy (non-hydrogen) atoms. The van der Waals surface area contributed by atoms with Crippen LogP contribution < -0.4 is 0 Å². The average Bonchev–Trinajstić information content (AvgIpc) is 2.09. The van der Waals surface area contributed by atoms with E-state index in [0.29, 0.717) is 4.48 Å². The Morgan fingerprint density at radius 2 is 2.36 bits per heavy atom. The average molecular weight is 219 g/mol. The summed E-state index contributed by atoms with van der Waals surface area (Å²) in [6.45, 7) is 0. The van der Waals surface area contributed by atoms with Crippen molar-refractivity contribution in [2.45, 2.75) is 0 Å². The summed E-state index contributed by atoms with van der Waals surface area (Å²) in [5.74, 6) is -1.69. The maximum atomic E-state index is 10.5. The molecular formula is C6H3BrO4. The fourth-order valence-electron chi connectivity index (χ4n) is 0.572. The molecule has 5 heteroatoms. The van der Waals surface area contributed by atoms with Crippen LogP contribution in [0.2, 0.25) is 0 Å². The molecule has 0 fully saturated rings. The lowest BCUT2D eigenvalue weighted by molar-refractivity contribution is -0.132. The van der Waals surface area contributed by atoms with Gasteiger partial charge in [-0.05, 0) is 15.9 Å². The Kier molecular flexibility index (Phi) is 2.09. The number of rotatable bonds is 1. The Labute approximate surface area is 70.3 Å². The molecule has 1 rings (SSSR count). The predicted octanol–water partition coefficient (Wildman–Crippen LogP) is 0.790. The van der Waals surface area contributed by atoms with Crippen LogP contribution in [0.25, 0.3) is 0 Å². The van der Waals surface area contributed by atoms with Crippen molar-refractivity contribution in [3.63, 3.8) is 0 Å². The number of esters is 1. The molecule has 0 unspecified atom stereocenters. The number of carbonyl (C=O) groups is 2. The van der Waals surface area contributed by atoms with E-state index in [0.717, 1.165) is 12.2 Å². The molecule has 1 aliphatic heterocycles. The van der Waals surface area contributed by atoms with Crippen LogP contribution in [0, 0.1) is 0 Å². The van der Waals surface area contributed by atoms with Crippen LogP contribution in [0.3, 0.4) is 0 Å². The fourth-order valence-corrected chi connectivity index (χ4v) is 0.954. The largest absolute Gasteiger partial charge is 0.478 e. The minimum Gasteiger partial charge on any atom is -0.478 e. The highest BCUT2D eigenvalue weighted by Gasteiger charge is 2.18. The number of cyclic esters (lactones) is 1. The van der Waals surface area contributed by atoms with E-state index < -0.39 is 11.9 Å². The summed E-state index contributed by atoms with van der Waals surface area (Å²) in [4.78, 5) is 20.6. The topological polar surface area (TPSA) is 63.6 Å². The van der Waals surface area contributed by atoms with Gasteiger partial charge < -0.3 is 9.84 Å². The Balaban J connectivity index is 2.87. The minimum absolute atomic E-state index is 0.0301. The van der Waals surface area contributed by atoms with Crippen molar-refractivity contribution in [3.8, 4) is 0 Å². The van der Waals surface area contributed by atoms with Gasteiger partial charge in [-0.15, -0.1) is 0 Å². The number of aliphatic carboxylic acids is 1. The van der Waals surface area contributed by atoms with Gasteiger partial charge in [-0.1, -0.05) is 0 Å². The number of carboxylic acid groups (broad SMARTS) is 1. The quantitative estimate of drug-likeness (QED) is 0.523. The molecule has 0 spiro atoms. The maximum Gasteiger partial charge on any atom is 0.337 e. The number of allylic oxidation sites excluding steroid dienone is 1. The Morgan fingerprint density at radius 3 is 2.73 bits per heavy atom.